The number of hydrogen-bond acceptors (Lipinski definition) is 2. The van der Waals surface area contributed by atoms with Crippen molar-refractivity contribution in [2.45, 2.75) is 24.5 Å². The maximum Gasteiger partial charge on any atom is 0.254 e. The number of nitrogens with two attached hydrogens (primary N) is 1. The van der Waals surface area contributed by atoms with E-state index in [0.29, 0.717) is 0 Å². The SMILES string of the molecule is NC(=O)[C@@]12CC[C@@H](O1)c1ccccc12. The Kier molecular flexibility index (Phi) is 1.35. The van der Waals surface area contributed by atoms with Gasteiger partial charge in [-0.2, -0.15) is 0 Å². The van der Waals surface area contributed by atoms with Crippen molar-refractivity contribution in [3.8, 4) is 0 Å². The number of primary amides is 1. The lowest BCUT2D eigenvalue weighted by molar-refractivity contribution is -0.140. The van der Waals surface area contributed by atoms with Crippen LogP contribution in [-0.2, 0) is 15.1 Å². The summed E-state index contributed by atoms with van der Waals surface area (Å²) in [6, 6.07) is 7.86. The van der Waals surface area contributed by atoms with Crippen LogP contribution in [0.1, 0.15) is 30.1 Å². The fourth-order valence-corrected chi connectivity index (χ4v) is 2.57. The Morgan fingerprint density at radius 1 is 1.50 bits per heavy atom. The zero-order valence-corrected chi connectivity index (χ0v) is 7.69. The van der Waals surface area contributed by atoms with Gasteiger partial charge in [0, 0.05) is 0 Å². The standard InChI is InChI=1S/C11H11NO2/c12-10(13)11-6-5-9(14-11)7-3-1-2-4-8(7)11/h1-4,9H,5-6H2,(H2,12,13)/t9-,11+/m1/s1. The third kappa shape index (κ3) is 0.738. The third-order valence-electron chi connectivity index (χ3n) is 3.24. The van der Waals surface area contributed by atoms with E-state index in [2.05, 4.69) is 0 Å². The van der Waals surface area contributed by atoms with Gasteiger partial charge in [0.1, 0.15) is 0 Å². The number of benzene rings is 1. The second-order valence-corrected chi connectivity index (χ2v) is 3.92. The summed E-state index contributed by atoms with van der Waals surface area (Å²) in [4.78, 5) is 11.4. The molecule has 1 saturated heterocycles. The topological polar surface area (TPSA) is 52.3 Å². The normalized spacial score (nSPS) is 33.0. The fourth-order valence-electron chi connectivity index (χ4n) is 2.57. The maximum atomic E-state index is 11.4. The minimum Gasteiger partial charge on any atom is -0.367 e. The number of rotatable bonds is 1. The van der Waals surface area contributed by atoms with E-state index in [9.17, 15) is 4.79 Å². The van der Waals surface area contributed by atoms with E-state index in [1.165, 1.54) is 0 Å². The quantitative estimate of drug-likeness (QED) is 0.722. The Labute approximate surface area is 81.9 Å². The molecule has 1 aromatic carbocycles. The van der Waals surface area contributed by atoms with Crippen LogP contribution in [0.5, 0.6) is 0 Å². The molecule has 0 saturated carbocycles. The molecule has 0 unspecified atom stereocenters. The molecule has 2 bridgehead atoms. The molecule has 14 heavy (non-hydrogen) atoms. The van der Waals surface area contributed by atoms with E-state index in [4.69, 9.17) is 10.5 Å². The van der Waals surface area contributed by atoms with Gasteiger partial charge >= 0.3 is 0 Å². The zero-order valence-electron chi connectivity index (χ0n) is 7.69. The first-order valence-electron chi connectivity index (χ1n) is 4.81. The van der Waals surface area contributed by atoms with Gasteiger partial charge in [0.25, 0.3) is 5.91 Å². The highest BCUT2D eigenvalue weighted by Crippen LogP contribution is 2.54. The highest BCUT2D eigenvalue weighted by atomic mass is 16.5. The van der Waals surface area contributed by atoms with Crippen molar-refractivity contribution in [3.05, 3.63) is 35.4 Å². The molecule has 1 aromatic rings. The van der Waals surface area contributed by atoms with Crippen LogP contribution in [0.4, 0.5) is 0 Å². The van der Waals surface area contributed by atoms with Crippen LogP contribution in [0, 0.1) is 0 Å². The third-order valence-corrected chi connectivity index (χ3v) is 3.24. The van der Waals surface area contributed by atoms with Gasteiger partial charge in [-0.15, -0.1) is 0 Å². The number of carbonyl (C=O) groups is 1. The van der Waals surface area contributed by atoms with Crippen molar-refractivity contribution in [1.82, 2.24) is 0 Å². The van der Waals surface area contributed by atoms with Crippen molar-refractivity contribution < 1.29 is 9.53 Å². The summed E-state index contributed by atoms with van der Waals surface area (Å²) in [5.41, 5.74) is 6.71. The second kappa shape index (κ2) is 2.36. The predicted octanol–water partition coefficient (Wildman–Crippen LogP) is 1.23. The average molecular weight is 189 g/mol. The average Bonchev–Trinajstić information content (AvgIpc) is 2.75. The Morgan fingerprint density at radius 2 is 2.29 bits per heavy atom. The van der Waals surface area contributed by atoms with Crippen LogP contribution in [0.3, 0.4) is 0 Å². The molecule has 0 aliphatic carbocycles. The molecule has 3 nitrogen and oxygen atoms in total. The highest BCUT2D eigenvalue weighted by Gasteiger charge is 2.54. The van der Waals surface area contributed by atoms with E-state index in [1.54, 1.807) is 0 Å². The van der Waals surface area contributed by atoms with Gasteiger partial charge in [-0.1, -0.05) is 24.3 Å². The van der Waals surface area contributed by atoms with Crippen molar-refractivity contribution in [2.24, 2.45) is 5.73 Å². The van der Waals surface area contributed by atoms with E-state index in [1.807, 2.05) is 24.3 Å². The van der Waals surface area contributed by atoms with Crippen LogP contribution in [0.15, 0.2) is 24.3 Å². The molecule has 3 heteroatoms. The summed E-state index contributed by atoms with van der Waals surface area (Å²) >= 11 is 0. The summed E-state index contributed by atoms with van der Waals surface area (Å²) in [6.07, 6.45) is 1.71. The van der Waals surface area contributed by atoms with E-state index in [0.717, 1.165) is 24.0 Å². The second-order valence-electron chi connectivity index (χ2n) is 3.92. The lowest BCUT2D eigenvalue weighted by Crippen LogP contribution is -2.39. The molecule has 2 aliphatic heterocycles. The minimum atomic E-state index is -0.818. The summed E-state index contributed by atoms with van der Waals surface area (Å²) in [7, 11) is 0. The molecule has 2 N–H and O–H groups in total. The van der Waals surface area contributed by atoms with Crippen LogP contribution in [0.25, 0.3) is 0 Å². The molecule has 1 amide bonds. The molecule has 0 spiro atoms. The molecule has 0 aromatic heterocycles. The molecule has 0 radical (unpaired) electrons. The number of amides is 1. The Bertz CT molecular complexity index is 416. The van der Waals surface area contributed by atoms with Gasteiger partial charge < -0.3 is 10.5 Å². The monoisotopic (exact) mass is 189 g/mol. The molecular weight excluding hydrogens is 178 g/mol. The van der Waals surface area contributed by atoms with E-state index >= 15 is 0 Å². The van der Waals surface area contributed by atoms with Gasteiger partial charge in [0.15, 0.2) is 5.60 Å². The fraction of sp³-hybridized carbons (Fsp3) is 0.364. The summed E-state index contributed by atoms with van der Waals surface area (Å²) in [6.45, 7) is 0. The number of fused-ring (bicyclic) bond motifs is 5. The zero-order chi connectivity index (χ0) is 9.76. The summed E-state index contributed by atoms with van der Waals surface area (Å²) in [5.74, 6) is -0.357. The number of ether oxygens (including phenoxy) is 1. The molecule has 3 rings (SSSR count). The van der Waals surface area contributed by atoms with Gasteiger partial charge in [0.05, 0.1) is 6.10 Å². The lowest BCUT2D eigenvalue weighted by Gasteiger charge is -2.22. The summed E-state index contributed by atoms with van der Waals surface area (Å²) < 4.78 is 5.72. The van der Waals surface area contributed by atoms with Crippen LogP contribution >= 0.6 is 0 Å². The molecule has 72 valence electrons. The smallest absolute Gasteiger partial charge is 0.254 e. The summed E-state index contributed by atoms with van der Waals surface area (Å²) in [5, 5.41) is 0. The van der Waals surface area contributed by atoms with E-state index in [-0.39, 0.29) is 12.0 Å². The first-order chi connectivity index (χ1) is 6.74. The molecule has 2 aliphatic rings. The largest absolute Gasteiger partial charge is 0.367 e. The van der Waals surface area contributed by atoms with Crippen molar-refractivity contribution in [3.63, 3.8) is 0 Å². The Balaban J connectivity index is 2.24. The highest BCUT2D eigenvalue weighted by molar-refractivity contribution is 5.87. The first-order valence-corrected chi connectivity index (χ1v) is 4.81. The minimum absolute atomic E-state index is 0.0821. The predicted molar refractivity (Wildman–Crippen MR) is 50.4 cm³/mol. The van der Waals surface area contributed by atoms with Gasteiger partial charge in [-0.25, -0.2) is 0 Å². The van der Waals surface area contributed by atoms with Gasteiger partial charge in [-0.05, 0) is 24.0 Å². The Morgan fingerprint density at radius 3 is 3.07 bits per heavy atom. The lowest BCUT2D eigenvalue weighted by atomic mass is 9.82. The van der Waals surface area contributed by atoms with Crippen molar-refractivity contribution >= 4 is 5.91 Å². The van der Waals surface area contributed by atoms with Crippen molar-refractivity contribution in [1.29, 1.82) is 0 Å². The first kappa shape index (κ1) is 8.00. The van der Waals surface area contributed by atoms with Crippen molar-refractivity contribution in [2.75, 3.05) is 0 Å². The maximum absolute atomic E-state index is 11.4. The Hall–Kier alpha value is -1.35. The van der Waals surface area contributed by atoms with Gasteiger partial charge in [-0.3, -0.25) is 4.79 Å². The molecule has 2 heterocycles. The molecule has 2 atom stereocenters. The molecule has 1 fully saturated rings. The molecular formula is C11H11NO2. The number of carbonyl (C=O) groups excluding carboxylic acids is 1. The van der Waals surface area contributed by atoms with Crippen LogP contribution < -0.4 is 5.73 Å². The van der Waals surface area contributed by atoms with Crippen LogP contribution in [0.2, 0.25) is 0 Å². The number of hydrogen-bond donors (Lipinski definition) is 1. The van der Waals surface area contributed by atoms with Crippen LogP contribution in [-0.4, -0.2) is 5.91 Å². The van der Waals surface area contributed by atoms with Gasteiger partial charge in [0.2, 0.25) is 0 Å². The van der Waals surface area contributed by atoms with E-state index < -0.39 is 5.60 Å².